The van der Waals surface area contributed by atoms with Gasteiger partial charge in [-0.2, -0.15) is 0 Å². The fourth-order valence-corrected chi connectivity index (χ4v) is 3.40. The molecule has 0 saturated heterocycles. The number of thiazole rings is 1. The first-order valence-electron chi connectivity index (χ1n) is 8.77. The third kappa shape index (κ3) is 4.38. The monoisotopic (exact) mass is 432 g/mol. The lowest BCUT2D eigenvalue weighted by atomic mass is 10.2. The molecule has 2 heterocycles. The maximum atomic E-state index is 13.4. The lowest BCUT2D eigenvalue weighted by molar-refractivity contribution is -0.119. The molecule has 0 saturated carbocycles. The molecule has 0 radical (unpaired) electrons. The van der Waals surface area contributed by atoms with Gasteiger partial charge in [-0.3, -0.25) is 10.1 Å². The number of hydrogen-bond acceptors (Lipinski definition) is 7. The molecule has 154 valence electrons. The summed E-state index contributed by atoms with van der Waals surface area (Å²) >= 11 is 1.10. The van der Waals surface area contributed by atoms with Crippen molar-refractivity contribution in [2.45, 2.75) is 0 Å². The minimum absolute atomic E-state index is 0.224. The number of nitrogens with zero attached hydrogens (tertiary/aromatic N) is 1. The maximum absolute atomic E-state index is 13.4. The van der Waals surface area contributed by atoms with Crippen LogP contribution in [0.25, 0.3) is 11.3 Å². The summed E-state index contributed by atoms with van der Waals surface area (Å²) in [7, 11) is 0. The molecule has 0 bridgehead atoms. The molecule has 1 aliphatic heterocycles. The molecular weight excluding hydrogens is 418 g/mol. The van der Waals surface area contributed by atoms with E-state index in [4.69, 9.17) is 14.2 Å². The molecule has 3 aromatic rings. The van der Waals surface area contributed by atoms with Crippen LogP contribution in [0.15, 0.2) is 41.8 Å². The van der Waals surface area contributed by atoms with Gasteiger partial charge in [-0.05, 0) is 36.4 Å². The van der Waals surface area contributed by atoms with Crippen molar-refractivity contribution in [2.75, 3.05) is 25.1 Å². The van der Waals surface area contributed by atoms with E-state index in [0.29, 0.717) is 36.0 Å². The third-order valence-corrected chi connectivity index (χ3v) is 4.84. The van der Waals surface area contributed by atoms with Crippen molar-refractivity contribution >= 4 is 28.3 Å². The van der Waals surface area contributed by atoms with Gasteiger partial charge in [0.2, 0.25) is 0 Å². The first-order valence-corrected chi connectivity index (χ1v) is 9.65. The summed E-state index contributed by atoms with van der Waals surface area (Å²) in [4.78, 5) is 28.4. The molecule has 30 heavy (non-hydrogen) atoms. The third-order valence-electron chi connectivity index (χ3n) is 4.08. The highest BCUT2D eigenvalue weighted by Crippen LogP contribution is 2.31. The Balaban J connectivity index is 1.33. The Bertz CT molecular complexity index is 1120. The smallest absolute Gasteiger partial charge is 0.338 e. The van der Waals surface area contributed by atoms with E-state index in [1.165, 1.54) is 18.2 Å². The number of carbonyl (C=O) groups excluding carboxylic acids is 2. The average molecular weight is 432 g/mol. The Labute approximate surface area is 173 Å². The SMILES string of the molecule is O=C(COC(=O)c1ccc2c(c1)OCCO2)Nc1nc(-c2ccc(F)c(F)c2)cs1. The number of esters is 1. The van der Waals surface area contributed by atoms with E-state index in [2.05, 4.69) is 10.3 Å². The second kappa shape index (κ2) is 8.46. The van der Waals surface area contributed by atoms with E-state index >= 15 is 0 Å². The molecule has 7 nitrogen and oxygen atoms in total. The number of amides is 1. The summed E-state index contributed by atoms with van der Waals surface area (Å²) in [6.45, 7) is 0.299. The second-order valence-corrected chi connectivity index (χ2v) is 7.01. The number of halogens is 2. The molecule has 0 fully saturated rings. The van der Waals surface area contributed by atoms with Crippen LogP contribution >= 0.6 is 11.3 Å². The van der Waals surface area contributed by atoms with Crippen LogP contribution in [0, 0.1) is 11.6 Å². The average Bonchev–Trinajstić information content (AvgIpc) is 3.22. The van der Waals surface area contributed by atoms with Crippen molar-refractivity contribution in [3.05, 3.63) is 59.0 Å². The van der Waals surface area contributed by atoms with Gasteiger partial charge in [0, 0.05) is 10.9 Å². The number of carbonyl (C=O) groups is 2. The summed E-state index contributed by atoms with van der Waals surface area (Å²) < 4.78 is 42.2. The van der Waals surface area contributed by atoms with Gasteiger partial charge < -0.3 is 14.2 Å². The van der Waals surface area contributed by atoms with Crippen molar-refractivity contribution in [3.8, 4) is 22.8 Å². The van der Waals surface area contributed by atoms with Crippen LogP contribution in [0.1, 0.15) is 10.4 Å². The largest absolute Gasteiger partial charge is 0.486 e. The predicted molar refractivity (Wildman–Crippen MR) is 104 cm³/mol. The molecular formula is C20H14F2N2O5S. The van der Waals surface area contributed by atoms with Gasteiger partial charge in [-0.25, -0.2) is 18.6 Å². The lowest BCUT2D eigenvalue weighted by Gasteiger charge is -2.18. The Morgan fingerprint density at radius 2 is 1.87 bits per heavy atom. The molecule has 0 atom stereocenters. The van der Waals surface area contributed by atoms with Gasteiger partial charge in [-0.1, -0.05) is 0 Å². The highest BCUT2D eigenvalue weighted by atomic mass is 32.1. The lowest BCUT2D eigenvalue weighted by Crippen LogP contribution is -2.21. The normalized spacial score (nSPS) is 12.3. The molecule has 1 N–H and O–H groups in total. The van der Waals surface area contributed by atoms with Crippen molar-refractivity contribution in [1.29, 1.82) is 0 Å². The number of anilines is 1. The first-order chi connectivity index (χ1) is 14.5. The Morgan fingerprint density at radius 1 is 1.07 bits per heavy atom. The highest BCUT2D eigenvalue weighted by Gasteiger charge is 2.17. The minimum Gasteiger partial charge on any atom is -0.486 e. The molecule has 0 spiro atoms. The van der Waals surface area contributed by atoms with Crippen molar-refractivity contribution in [2.24, 2.45) is 0 Å². The van der Waals surface area contributed by atoms with Crippen LogP contribution in [0.5, 0.6) is 11.5 Å². The Kier molecular flexibility index (Phi) is 5.57. The van der Waals surface area contributed by atoms with E-state index in [0.717, 1.165) is 23.5 Å². The fraction of sp³-hybridized carbons (Fsp3) is 0.150. The number of ether oxygens (including phenoxy) is 3. The molecule has 0 unspecified atom stereocenters. The molecule has 4 rings (SSSR count). The summed E-state index contributed by atoms with van der Waals surface area (Å²) in [5.41, 5.74) is 0.972. The first kappa shape index (κ1) is 19.8. The second-order valence-electron chi connectivity index (χ2n) is 6.15. The number of benzene rings is 2. The zero-order valence-electron chi connectivity index (χ0n) is 15.3. The van der Waals surface area contributed by atoms with E-state index in [1.807, 2.05) is 0 Å². The standard InChI is InChI=1S/C20H14F2N2O5S/c21-13-3-1-11(7-14(13)22)15-10-30-20(23-15)24-18(25)9-29-19(26)12-2-4-16-17(8-12)28-6-5-27-16/h1-4,7-8,10H,5-6,9H2,(H,23,24,25). The predicted octanol–water partition coefficient (Wildman–Crippen LogP) is 3.66. The van der Waals surface area contributed by atoms with Gasteiger partial charge in [0.15, 0.2) is 34.9 Å². The van der Waals surface area contributed by atoms with Crippen LogP contribution < -0.4 is 14.8 Å². The number of aromatic nitrogens is 1. The number of hydrogen-bond donors (Lipinski definition) is 1. The molecule has 1 aromatic heterocycles. The van der Waals surface area contributed by atoms with E-state index < -0.39 is 30.1 Å². The summed E-state index contributed by atoms with van der Waals surface area (Å²) in [6, 6.07) is 8.01. The van der Waals surface area contributed by atoms with Crippen molar-refractivity contribution in [3.63, 3.8) is 0 Å². The minimum atomic E-state index is -0.989. The molecule has 0 aliphatic carbocycles. The topological polar surface area (TPSA) is 86.8 Å². The summed E-state index contributed by atoms with van der Waals surface area (Å²) in [5, 5.41) is 4.31. The highest BCUT2D eigenvalue weighted by molar-refractivity contribution is 7.14. The quantitative estimate of drug-likeness (QED) is 0.620. The van der Waals surface area contributed by atoms with Gasteiger partial charge >= 0.3 is 5.97 Å². The molecule has 1 amide bonds. The van der Waals surface area contributed by atoms with Crippen LogP contribution in [0.4, 0.5) is 13.9 Å². The Morgan fingerprint density at radius 3 is 2.67 bits per heavy atom. The van der Waals surface area contributed by atoms with Crippen molar-refractivity contribution in [1.82, 2.24) is 4.98 Å². The van der Waals surface area contributed by atoms with Gasteiger partial charge in [0.05, 0.1) is 11.3 Å². The summed E-state index contributed by atoms with van der Waals surface area (Å²) in [5.74, 6) is -2.25. The van der Waals surface area contributed by atoms with Crippen LogP contribution in [0.2, 0.25) is 0 Å². The zero-order chi connectivity index (χ0) is 21.1. The number of fused-ring (bicyclic) bond motifs is 1. The summed E-state index contributed by atoms with van der Waals surface area (Å²) in [6.07, 6.45) is 0. The van der Waals surface area contributed by atoms with Crippen molar-refractivity contribution < 1.29 is 32.6 Å². The van der Waals surface area contributed by atoms with Crippen LogP contribution in [0.3, 0.4) is 0 Å². The van der Waals surface area contributed by atoms with Gasteiger partial charge in [-0.15, -0.1) is 11.3 Å². The van der Waals surface area contributed by atoms with Gasteiger partial charge in [0.1, 0.15) is 13.2 Å². The van der Waals surface area contributed by atoms with E-state index in [1.54, 1.807) is 11.4 Å². The Hall–Kier alpha value is -3.53. The zero-order valence-corrected chi connectivity index (χ0v) is 16.1. The molecule has 1 aliphatic rings. The number of rotatable bonds is 5. The molecule has 2 aromatic carbocycles. The number of nitrogens with one attached hydrogen (secondary N) is 1. The molecule has 10 heteroatoms. The fourth-order valence-electron chi connectivity index (χ4n) is 2.66. The van der Waals surface area contributed by atoms with E-state index in [9.17, 15) is 18.4 Å². The van der Waals surface area contributed by atoms with E-state index in [-0.39, 0.29) is 10.7 Å². The van der Waals surface area contributed by atoms with Gasteiger partial charge in [0.25, 0.3) is 5.91 Å². The maximum Gasteiger partial charge on any atom is 0.338 e. The van der Waals surface area contributed by atoms with Crippen LogP contribution in [-0.4, -0.2) is 36.7 Å². The van der Waals surface area contributed by atoms with Crippen LogP contribution in [-0.2, 0) is 9.53 Å².